The Balaban J connectivity index is 2.09. The van der Waals surface area contributed by atoms with Crippen LogP contribution < -0.4 is 5.32 Å². The lowest BCUT2D eigenvalue weighted by molar-refractivity contribution is 0.224. The summed E-state index contributed by atoms with van der Waals surface area (Å²) in [5.41, 5.74) is 2.00. The van der Waals surface area contributed by atoms with Crippen LogP contribution >= 0.6 is 0 Å². The van der Waals surface area contributed by atoms with Gasteiger partial charge in [-0.05, 0) is 43.2 Å². The molecule has 0 bridgehead atoms. The second-order valence-electron chi connectivity index (χ2n) is 5.02. The molecule has 0 amide bonds. The van der Waals surface area contributed by atoms with Gasteiger partial charge in [-0.15, -0.1) is 0 Å². The Kier molecular flexibility index (Phi) is 3.65. The zero-order valence-electron chi connectivity index (χ0n) is 10.5. The molecular formula is C15H23N. The Morgan fingerprint density at radius 1 is 1.19 bits per heavy atom. The minimum atomic E-state index is 0.538. The van der Waals surface area contributed by atoms with E-state index in [2.05, 4.69) is 49.5 Å². The topological polar surface area (TPSA) is 12.0 Å². The number of rotatable bonds is 4. The van der Waals surface area contributed by atoms with E-state index in [0.717, 1.165) is 0 Å². The molecule has 1 unspecified atom stereocenters. The SMILES string of the molecule is CCC1(CC)CCNC1Cc1ccccc1. The highest BCUT2D eigenvalue weighted by molar-refractivity contribution is 5.17. The fourth-order valence-corrected chi connectivity index (χ4v) is 3.12. The van der Waals surface area contributed by atoms with E-state index in [-0.39, 0.29) is 0 Å². The molecule has 1 atom stereocenters. The average molecular weight is 217 g/mol. The predicted molar refractivity (Wildman–Crippen MR) is 69.6 cm³/mol. The van der Waals surface area contributed by atoms with Gasteiger partial charge in [-0.3, -0.25) is 0 Å². The molecule has 1 aliphatic heterocycles. The Hall–Kier alpha value is -0.820. The summed E-state index contributed by atoms with van der Waals surface area (Å²) in [6.07, 6.45) is 5.13. The third-order valence-corrected chi connectivity index (χ3v) is 4.44. The summed E-state index contributed by atoms with van der Waals surface area (Å²) in [5.74, 6) is 0. The standard InChI is InChI=1S/C15H23N/c1-3-15(4-2)10-11-16-14(15)12-13-8-6-5-7-9-13/h5-9,14,16H,3-4,10-12H2,1-2H3. The van der Waals surface area contributed by atoms with Crippen LogP contribution in [0.2, 0.25) is 0 Å². The van der Waals surface area contributed by atoms with Gasteiger partial charge in [0.25, 0.3) is 0 Å². The van der Waals surface area contributed by atoms with Crippen molar-refractivity contribution in [2.24, 2.45) is 5.41 Å². The van der Waals surface area contributed by atoms with E-state index >= 15 is 0 Å². The van der Waals surface area contributed by atoms with Crippen LogP contribution in [0.4, 0.5) is 0 Å². The van der Waals surface area contributed by atoms with Crippen molar-refractivity contribution in [1.29, 1.82) is 0 Å². The first-order chi connectivity index (χ1) is 7.80. The Morgan fingerprint density at radius 2 is 1.88 bits per heavy atom. The third-order valence-electron chi connectivity index (χ3n) is 4.44. The van der Waals surface area contributed by atoms with E-state index in [4.69, 9.17) is 0 Å². The van der Waals surface area contributed by atoms with Gasteiger partial charge in [-0.2, -0.15) is 0 Å². The molecule has 16 heavy (non-hydrogen) atoms. The molecule has 2 rings (SSSR count). The van der Waals surface area contributed by atoms with Gasteiger partial charge in [0.1, 0.15) is 0 Å². The number of hydrogen-bond donors (Lipinski definition) is 1. The number of benzene rings is 1. The largest absolute Gasteiger partial charge is 0.313 e. The molecule has 0 saturated carbocycles. The molecular weight excluding hydrogens is 194 g/mol. The maximum absolute atomic E-state index is 3.70. The Labute approximate surface area is 99.3 Å². The zero-order chi connectivity index (χ0) is 11.4. The molecule has 0 aromatic heterocycles. The molecule has 0 aliphatic carbocycles. The molecule has 1 aliphatic rings. The van der Waals surface area contributed by atoms with Crippen LogP contribution in [0.3, 0.4) is 0 Å². The van der Waals surface area contributed by atoms with Crippen molar-refractivity contribution >= 4 is 0 Å². The van der Waals surface area contributed by atoms with Crippen LogP contribution in [-0.4, -0.2) is 12.6 Å². The van der Waals surface area contributed by atoms with Crippen LogP contribution in [-0.2, 0) is 6.42 Å². The lowest BCUT2D eigenvalue weighted by Crippen LogP contribution is -2.37. The van der Waals surface area contributed by atoms with Crippen molar-refractivity contribution in [3.05, 3.63) is 35.9 Å². The van der Waals surface area contributed by atoms with Gasteiger partial charge in [0.15, 0.2) is 0 Å². The molecule has 1 N–H and O–H groups in total. The predicted octanol–water partition coefficient (Wildman–Crippen LogP) is 3.40. The second-order valence-corrected chi connectivity index (χ2v) is 5.02. The molecule has 0 radical (unpaired) electrons. The molecule has 1 heterocycles. The first-order valence-corrected chi connectivity index (χ1v) is 6.58. The normalized spacial score (nSPS) is 23.5. The van der Waals surface area contributed by atoms with Gasteiger partial charge in [-0.1, -0.05) is 44.2 Å². The van der Waals surface area contributed by atoms with E-state index < -0.39 is 0 Å². The van der Waals surface area contributed by atoms with Crippen LogP contribution in [0.1, 0.15) is 38.7 Å². The first kappa shape index (κ1) is 11.7. The van der Waals surface area contributed by atoms with Crippen LogP contribution in [0.15, 0.2) is 30.3 Å². The molecule has 1 aromatic carbocycles. The molecule has 1 saturated heterocycles. The summed E-state index contributed by atoms with van der Waals surface area (Å²) in [6, 6.07) is 11.5. The summed E-state index contributed by atoms with van der Waals surface area (Å²) >= 11 is 0. The minimum Gasteiger partial charge on any atom is -0.313 e. The van der Waals surface area contributed by atoms with E-state index in [0.29, 0.717) is 11.5 Å². The van der Waals surface area contributed by atoms with Crippen molar-refractivity contribution in [3.63, 3.8) is 0 Å². The maximum atomic E-state index is 3.70. The van der Waals surface area contributed by atoms with E-state index in [9.17, 15) is 0 Å². The van der Waals surface area contributed by atoms with Gasteiger partial charge in [0.2, 0.25) is 0 Å². The smallest absolute Gasteiger partial charge is 0.0164 e. The highest BCUT2D eigenvalue weighted by atomic mass is 15.0. The Bertz CT molecular complexity index is 313. The average Bonchev–Trinajstić information content (AvgIpc) is 2.74. The summed E-state index contributed by atoms with van der Waals surface area (Å²) in [4.78, 5) is 0. The monoisotopic (exact) mass is 217 g/mol. The van der Waals surface area contributed by atoms with Crippen LogP contribution in [0.25, 0.3) is 0 Å². The lowest BCUT2D eigenvalue weighted by Gasteiger charge is -2.33. The summed E-state index contributed by atoms with van der Waals surface area (Å²) in [7, 11) is 0. The second kappa shape index (κ2) is 5.01. The molecule has 1 fully saturated rings. The van der Waals surface area contributed by atoms with Crippen molar-refractivity contribution in [1.82, 2.24) is 5.32 Å². The molecule has 1 nitrogen and oxygen atoms in total. The fraction of sp³-hybridized carbons (Fsp3) is 0.600. The maximum Gasteiger partial charge on any atom is 0.0164 e. The number of hydrogen-bond acceptors (Lipinski definition) is 1. The highest BCUT2D eigenvalue weighted by Crippen LogP contribution is 2.39. The van der Waals surface area contributed by atoms with Crippen LogP contribution in [0, 0.1) is 5.41 Å². The van der Waals surface area contributed by atoms with Crippen molar-refractivity contribution in [2.75, 3.05) is 6.54 Å². The van der Waals surface area contributed by atoms with Crippen molar-refractivity contribution in [2.45, 2.75) is 45.6 Å². The van der Waals surface area contributed by atoms with E-state index in [1.54, 1.807) is 0 Å². The fourth-order valence-electron chi connectivity index (χ4n) is 3.12. The Morgan fingerprint density at radius 3 is 2.50 bits per heavy atom. The lowest BCUT2D eigenvalue weighted by atomic mass is 9.74. The zero-order valence-corrected chi connectivity index (χ0v) is 10.5. The first-order valence-electron chi connectivity index (χ1n) is 6.58. The quantitative estimate of drug-likeness (QED) is 0.815. The van der Waals surface area contributed by atoms with E-state index in [1.165, 1.54) is 37.8 Å². The minimum absolute atomic E-state index is 0.538. The van der Waals surface area contributed by atoms with Crippen LogP contribution in [0.5, 0.6) is 0 Å². The van der Waals surface area contributed by atoms with Gasteiger partial charge in [-0.25, -0.2) is 0 Å². The van der Waals surface area contributed by atoms with E-state index in [1.807, 2.05) is 0 Å². The molecule has 1 aromatic rings. The third kappa shape index (κ3) is 2.15. The molecule has 1 heteroatoms. The van der Waals surface area contributed by atoms with Gasteiger partial charge in [0.05, 0.1) is 0 Å². The molecule has 88 valence electrons. The summed E-state index contributed by atoms with van der Waals surface area (Å²) in [5, 5.41) is 3.70. The molecule has 0 spiro atoms. The highest BCUT2D eigenvalue weighted by Gasteiger charge is 2.39. The van der Waals surface area contributed by atoms with Gasteiger partial charge in [0, 0.05) is 6.04 Å². The van der Waals surface area contributed by atoms with Crippen molar-refractivity contribution < 1.29 is 0 Å². The summed E-state index contributed by atoms with van der Waals surface area (Å²) < 4.78 is 0. The van der Waals surface area contributed by atoms with Gasteiger partial charge < -0.3 is 5.32 Å². The van der Waals surface area contributed by atoms with Crippen molar-refractivity contribution in [3.8, 4) is 0 Å². The number of nitrogens with one attached hydrogen (secondary N) is 1. The summed E-state index contributed by atoms with van der Waals surface area (Å²) in [6.45, 7) is 5.88. The van der Waals surface area contributed by atoms with Gasteiger partial charge >= 0.3 is 0 Å².